The SMILES string of the molecule is Fc1ccc2cccc(-c3ncc4c(N5CCNC6(COC6)C5)nc(OC[C@@]56CCCN5C[C@H](F)C6)nc4c3F)c2c1Cl. The first-order chi connectivity index (χ1) is 20.8. The van der Waals surface area contributed by atoms with E-state index in [0.717, 1.165) is 19.4 Å². The number of rotatable bonds is 5. The van der Waals surface area contributed by atoms with Gasteiger partial charge >= 0.3 is 6.01 Å². The van der Waals surface area contributed by atoms with E-state index in [4.69, 9.17) is 26.1 Å². The Labute approximate surface area is 251 Å². The molecule has 4 aliphatic heterocycles. The summed E-state index contributed by atoms with van der Waals surface area (Å²) in [6.45, 7) is 4.55. The van der Waals surface area contributed by atoms with Gasteiger partial charge in [0.25, 0.3) is 0 Å². The molecule has 4 saturated heterocycles. The number of aromatic nitrogens is 3. The number of benzene rings is 2. The zero-order valence-corrected chi connectivity index (χ0v) is 24.1. The van der Waals surface area contributed by atoms with Crippen molar-refractivity contribution in [1.29, 1.82) is 0 Å². The number of ether oxygens (including phenoxy) is 2. The average molecular weight is 611 g/mol. The molecule has 0 aliphatic carbocycles. The maximum absolute atomic E-state index is 16.6. The molecular weight excluding hydrogens is 581 g/mol. The Hall–Kier alpha value is -3.25. The van der Waals surface area contributed by atoms with Gasteiger partial charge in [-0.2, -0.15) is 9.97 Å². The second-order valence-electron chi connectivity index (χ2n) is 12.3. The minimum absolute atomic E-state index is 0.00185. The number of nitrogens with one attached hydrogen (secondary N) is 1. The van der Waals surface area contributed by atoms with E-state index >= 15 is 4.39 Å². The molecule has 4 fully saturated rings. The second-order valence-corrected chi connectivity index (χ2v) is 12.6. The molecule has 8 rings (SSSR count). The molecule has 2 aromatic carbocycles. The highest BCUT2D eigenvalue weighted by molar-refractivity contribution is 6.36. The van der Waals surface area contributed by atoms with Crippen molar-refractivity contribution in [2.24, 2.45) is 0 Å². The van der Waals surface area contributed by atoms with Crippen molar-refractivity contribution in [3.05, 3.63) is 53.2 Å². The van der Waals surface area contributed by atoms with Crippen molar-refractivity contribution in [2.75, 3.05) is 57.4 Å². The number of halogens is 4. The molecule has 8 nitrogen and oxygen atoms in total. The van der Waals surface area contributed by atoms with Crippen molar-refractivity contribution >= 4 is 39.1 Å². The Morgan fingerprint density at radius 1 is 1.14 bits per heavy atom. The standard InChI is InChI=1S/C31H30ClF3N6O2/c32-24-22(34)6-5-18-3-1-4-20(23(18)24)26-25(35)27-21(12-36-26)28(40-10-8-37-30(14-40)15-42-16-30)39-29(38-27)43-17-31-7-2-9-41(31)13-19(33)11-31/h1,3-6,12,19,37H,2,7-11,13-17H2/t19-,31+/m1/s1. The number of fused-ring (bicyclic) bond motifs is 3. The van der Waals surface area contributed by atoms with Gasteiger partial charge in [0.05, 0.1) is 34.7 Å². The molecule has 12 heteroatoms. The molecular formula is C31H30ClF3N6O2. The summed E-state index contributed by atoms with van der Waals surface area (Å²) in [5.41, 5.74) is -0.205. The molecule has 0 amide bonds. The predicted molar refractivity (Wildman–Crippen MR) is 158 cm³/mol. The number of pyridine rings is 1. The van der Waals surface area contributed by atoms with Crippen LogP contribution in [0.5, 0.6) is 6.01 Å². The average Bonchev–Trinajstić information content (AvgIpc) is 3.53. The molecule has 2 atom stereocenters. The first-order valence-electron chi connectivity index (χ1n) is 14.7. The van der Waals surface area contributed by atoms with Gasteiger partial charge in [0.1, 0.15) is 35.6 Å². The molecule has 0 radical (unpaired) electrons. The highest BCUT2D eigenvalue weighted by atomic mass is 35.5. The third-order valence-corrected chi connectivity index (χ3v) is 9.87. The number of hydrogen-bond acceptors (Lipinski definition) is 8. The largest absolute Gasteiger partial charge is 0.461 e. The highest BCUT2D eigenvalue weighted by Gasteiger charge is 2.49. The van der Waals surface area contributed by atoms with Crippen molar-refractivity contribution < 1.29 is 22.6 Å². The molecule has 1 N–H and O–H groups in total. The zero-order chi connectivity index (χ0) is 29.3. The van der Waals surface area contributed by atoms with Gasteiger partial charge in [-0.05, 0) is 30.8 Å². The van der Waals surface area contributed by atoms with Gasteiger partial charge in [0.2, 0.25) is 0 Å². The molecule has 224 valence electrons. The summed E-state index contributed by atoms with van der Waals surface area (Å²) in [6.07, 6.45) is 2.86. The summed E-state index contributed by atoms with van der Waals surface area (Å²) in [6, 6.07) is 8.13. The number of hydrogen-bond donors (Lipinski definition) is 1. The summed E-state index contributed by atoms with van der Waals surface area (Å²) >= 11 is 6.38. The molecule has 0 bridgehead atoms. The Balaban J connectivity index is 1.25. The summed E-state index contributed by atoms with van der Waals surface area (Å²) in [5.74, 6) is -0.761. The number of piperazine rings is 1. The molecule has 2 aromatic heterocycles. The zero-order valence-electron chi connectivity index (χ0n) is 23.4. The van der Waals surface area contributed by atoms with Gasteiger partial charge in [0.15, 0.2) is 5.82 Å². The van der Waals surface area contributed by atoms with Crippen molar-refractivity contribution in [2.45, 2.75) is 36.5 Å². The lowest BCUT2D eigenvalue weighted by Gasteiger charge is -2.49. The summed E-state index contributed by atoms with van der Waals surface area (Å²) in [5, 5.41) is 4.91. The Bertz CT molecular complexity index is 1760. The number of anilines is 1. The summed E-state index contributed by atoms with van der Waals surface area (Å²) < 4.78 is 57.3. The van der Waals surface area contributed by atoms with Crippen molar-refractivity contribution in [1.82, 2.24) is 25.2 Å². The molecule has 43 heavy (non-hydrogen) atoms. The lowest BCUT2D eigenvalue weighted by molar-refractivity contribution is -0.0743. The summed E-state index contributed by atoms with van der Waals surface area (Å²) in [4.78, 5) is 18.1. The quantitative estimate of drug-likeness (QED) is 0.342. The summed E-state index contributed by atoms with van der Waals surface area (Å²) in [7, 11) is 0. The first kappa shape index (κ1) is 27.3. The minimum Gasteiger partial charge on any atom is -0.461 e. The number of nitrogens with zero attached hydrogens (tertiary/aromatic N) is 5. The van der Waals surface area contributed by atoms with Crippen LogP contribution in [0.1, 0.15) is 19.3 Å². The van der Waals surface area contributed by atoms with E-state index in [9.17, 15) is 8.78 Å². The van der Waals surface area contributed by atoms with Crippen LogP contribution in [-0.2, 0) is 4.74 Å². The lowest BCUT2D eigenvalue weighted by atomic mass is 9.94. The van der Waals surface area contributed by atoms with Crippen LogP contribution >= 0.6 is 11.6 Å². The minimum atomic E-state index is -0.901. The van der Waals surface area contributed by atoms with E-state index in [2.05, 4.69) is 25.1 Å². The third-order valence-electron chi connectivity index (χ3n) is 9.50. The van der Waals surface area contributed by atoms with Crippen LogP contribution in [0.25, 0.3) is 32.9 Å². The van der Waals surface area contributed by atoms with E-state index in [-0.39, 0.29) is 34.4 Å². The van der Waals surface area contributed by atoms with Crippen LogP contribution in [0.15, 0.2) is 36.5 Å². The van der Waals surface area contributed by atoms with Crippen molar-refractivity contribution in [3.8, 4) is 17.3 Å². The van der Waals surface area contributed by atoms with Crippen LogP contribution in [0.3, 0.4) is 0 Å². The fourth-order valence-corrected chi connectivity index (χ4v) is 7.62. The van der Waals surface area contributed by atoms with E-state index < -0.39 is 23.3 Å². The van der Waals surface area contributed by atoms with Gasteiger partial charge in [-0.1, -0.05) is 35.9 Å². The molecule has 0 saturated carbocycles. The van der Waals surface area contributed by atoms with Gasteiger partial charge in [-0.25, -0.2) is 13.2 Å². The van der Waals surface area contributed by atoms with Gasteiger partial charge in [0, 0.05) is 49.7 Å². The second kappa shape index (κ2) is 10.2. The fraction of sp³-hybridized carbons (Fsp3) is 0.452. The highest BCUT2D eigenvalue weighted by Crippen LogP contribution is 2.42. The van der Waals surface area contributed by atoms with Crippen LogP contribution in [0.4, 0.5) is 19.0 Å². The molecule has 4 aromatic rings. The molecule has 4 aliphatic rings. The van der Waals surface area contributed by atoms with Crippen LogP contribution < -0.4 is 15.0 Å². The van der Waals surface area contributed by atoms with E-state index in [0.29, 0.717) is 73.4 Å². The van der Waals surface area contributed by atoms with E-state index in [1.165, 1.54) is 6.07 Å². The molecule has 0 unspecified atom stereocenters. The van der Waals surface area contributed by atoms with Crippen LogP contribution in [0.2, 0.25) is 5.02 Å². The third kappa shape index (κ3) is 4.43. The first-order valence-corrected chi connectivity index (χ1v) is 15.1. The van der Waals surface area contributed by atoms with Crippen LogP contribution in [-0.4, -0.2) is 89.6 Å². The van der Waals surface area contributed by atoms with E-state index in [1.54, 1.807) is 30.5 Å². The van der Waals surface area contributed by atoms with Gasteiger partial charge in [-0.15, -0.1) is 0 Å². The predicted octanol–water partition coefficient (Wildman–Crippen LogP) is 4.91. The molecule has 6 heterocycles. The smallest absolute Gasteiger partial charge is 0.319 e. The lowest BCUT2D eigenvalue weighted by Crippen LogP contribution is -2.70. The van der Waals surface area contributed by atoms with Crippen LogP contribution in [0, 0.1) is 11.6 Å². The topological polar surface area (TPSA) is 75.6 Å². The van der Waals surface area contributed by atoms with Gasteiger partial charge in [-0.3, -0.25) is 9.88 Å². The normalized spacial score (nSPS) is 25.0. The Morgan fingerprint density at radius 2 is 2.02 bits per heavy atom. The Morgan fingerprint density at radius 3 is 2.86 bits per heavy atom. The van der Waals surface area contributed by atoms with Crippen molar-refractivity contribution in [3.63, 3.8) is 0 Å². The maximum Gasteiger partial charge on any atom is 0.319 e. The molecule has 1 spiro atoms. The monoisotopic (exact) mass is 610 g/mol. The fourth-order valence-electron chi connectivity index (χ4n) is 7.35. The van der Waals surface area contributed by atoms with E-state index in [1.807, 2.05) is 0 Å². The van der Waals surface area contributed by atoms with Gasteiger partial charge < -0.3 is 19.7 Å². The Kier molecular flexibility index (Phi) is 6.45. The maximum atomic E-state index is 16.6. The number of alkyl halides is 1.